The Morgan fingerprint density at radius 3 is 1.41 bits per heavy atom. The number of ether oxygens (including phenoxy) is 5. The molecule has 0 bridgehead atoms. The monoisotopic (exact) mass is 999 g/mol. The van der Waals surface area contributed by atoms with Crippen LogP contribution in [0.25, 0.3) is 0 Å². The molecule has 0 aliphatic carbocycles. The molecule has 12 nitrogen and oxygen atoms in total. The van der Waals surface area contributed by atoms with Crippen LogP contribution < -0.4 is 0 Å². The lowest BCUT2D eigenvalue weighted by molar-refractivity contribution is -0.301. The number of carbonyl (C=O) groups excluding carboxylic acids is 3. The Morgan fingerprint density at radius 1 is 0.479 bits per heavy atom. The Bertz CT molecular complexity index is 1510. The molecule has 0 aromatic heterocycles. The van der Waals surface area contributed by atoms with Crippen molar-refractivity contribution in [3.63, 3.8) is 0 Å². The summed E-state index contributed by atoms with van der Waals surface area (Å²) in [5.74, 6) is -3.17. The van der Waals surface area contributed by atoms with E-state index in [0.717, 1.165) is 135 Å². The van der Waals surface area contributed by atoms with Gasteiger partial charge in [0.05, 0.1) is 6.61 Å². The van der Waals surface area contributed by atoms with E-state index in [1.807, 2.05) is 0 Å². The summed E-state index contributed by atoms with van der Waals surface area (Å²) in [5, 5.41) is 31.4. The molecule has 0 spiro atoms. The first-order chi connectivity index (χ1) is 34.6. The van der Waals surface area contributed by atoms with E-state index in [4.69, 9.17) is 23.7 Å². The standard InChI is InChI=1S/C59H98O12/c1-4-7-10-13-16-19-22-24-26-28-31-33-36-39-42-45-51(60)67-48-50(69-52(61)46-43-40-37-34-30-21-18-15-12-9-6-3)49-68-59-57(55(64)54(63)56(71-59)58(65)66)70-53(62)47-44-41-38-35-32-29-27-25-23-20-17-14-11-8-5-2/h8,11,15-20,24-27,50,54-57,59,63-64H,4-7,9-10,12-14,21-23,28-49H2,1-3H3,(H,65,66)/b11-8-,18-15-,19-16-,20-17-,26-24-,27-25-. The predicted molar refractivity (Wildman–Crippen MR) is 285 cm³/mol. The van der Waals surface area contributed by atoms with Crippen LogP contribution in [0.1, 0.15) is 226 Å². The Kier molecular flexibility index (Phi) is 43.3. The summed E-state index contributed by atoms with van der Waals surface area (Å²) in [4.78, 5) is 50.9. The van der Waals surface area contributed by atoms with Crippen LogP contribution in [-0.4, -0.2) is 89.2 Å². The van der Waals surface area contributed by atoms with E-state index >= 15 is 0 Å². The third-order valence-corrected chi connectivity index (χ3v) is 12.2. The number of hydrogen-bond donors (Lipinski definition) is 3. The molecule has 3 N–H and O–H groups in total. The number of aliphatic hydroxyl groups is 2. The van der Waals surface area contributed by atoms with Gasteiger partial charge in [-0.25, -0.2) is 4.79 Å². The third kappa shape index (κ3) is 37.6. The predicted octanol–water partition coefficient (Wildman–Crippen LogP) is 13.8. The number of carbonyl (C=O) groups is 4. The highest BCUT2D eigenvalue weighted by Gasteiger charge is 2.50. The number of unbranched alkanes of at least 4 members (excludes halogenated alkanes) is 20. The van der Waals surface area contributed by atoms with E-state index in [2.05, 4.69) is 93.7 Å². The van der Waals surface area contributed by atoms with E-state index in [0.29, 0.717) is 19.3 Å². The van der Waals surface area contributed by atoms with Crippen molar-refractivity contribution >= 4 is 23.9 Å². The lowest BCUT2D eigenvalue weighted by atomic mass is 9.98. The molecule has 71 heavy (non-hydrogen) atoms. The topological polar surface area (TPSA) is 175 Å². The molecular formula is C59H98O12. The molecule has 1 aliphatic rings. The van der Waals surface area contributed by atoms with Crippen molar-refractivity contribution in [2.24, 2.45) is 0 Å². The van der Waals surface area contributed by atoms with Crippen LogP contribution in [0.3, 0.4) is 0 Å². The normalized spacial score (nSPS) is 19.0. The van der Waals surface area contributed by atoms with E-state index in [1.54, 1.807) is 0 Å². The van der Waals surface area contributed by atoms with Gasteiger partial charge in [0, 0.05) is 19.3 Å². The average Bonchev–Trinajstić information content (AvgIpc) is 3.35. The maximum Gasteiger partial charge on any atom is 0.335 e. The second-order valence-electron chi connectivity index (χ2n) is 18.8. The van der Waals surface area contributed by atoms with E-state index in [1.165, 1.54) is 32.1 Å². The zero-order valence-electron chi connectivity index (χ0n) is 44.4. The zero-order chi connectivity index (χ0) is 51.8. The van der Waals surface area contributed by atoms with Crippen LogP contribution in [0.2, 0.25) is 0 Å². The summed E-state index contributed by atoms with van der Waals surface area (Å²) in [7, 11) is 0. The first kappa shape index (κ1) is 65.2. The summed E-state index contributed by atoms with van der Waals surface area (Å²) in [6.45, 7) is 5.77. The molecule has 12 heteroatoms. The lowest BCUT2D eigenvalue weighted by Gasteiger charge is -2.40. The second-order valence-corrected chi connectivity index (χ2v) is 18.8. The minimum Gasteiger partial charge on any atom is -0.479 e. The maximum absolute atomic E-state index is 13.1. The van der Waals surface area contributed by atoms with Crippen molar-refractivity contribution < 1.29 is 58.2 Å². The lowest BCUT2D eigenvalue weighted by Crippen LogP contribution is -2.61. The summed E-state index contributed by atoms with van der Waals surface area (Å²) in [6, 6.07) is 0. The van der Waals surface area contributed by atoms with Crippen LogP contribution in [0, 0.1) is 0 Å². The summed E-state index contributed by atoms with van der Waals surface area (Å²) in [5.41, 5.74) is 0. The van der Waals surface area contributed by atoms with Gasteiger partial charge in [-0.1, -0.05) is 177 Å². The zero-order valence-corrected chi connectivity index (χ0v) is 44.4. The molecule has 6 atom stereocenters. The van der Waals surface area contributed by atoms with Crippen LogP contribution in [0.15, 0.2) is 72.9 Å². The SMILES string of the molecule is CC/C=C\C/C=C\C/C=C\CCCCCCCC(=O)OC1C(OCC(COC(=O)CCCCCCC/C=C\C/C=C\CCCCC)OC(=O)CCCCCCC/C=C\CCCC)OC(C(=O)O)C(O)C1O. The smallest absolute Gasteiger partial charge is 0.335 e. The molecule has 0 amide bonds. The molecule has 406 valence electrons. The molecule has 1 aliphatic heterocycles. The Morgan fingerprint density at radius 2 is 0.901 bits per heavy atom. The highest BCUT2D eigenvalue weighted by molar-refractivity contribution is 5.74. The molecule has 1 rings (SSSR count). The molecule has 6 unspecified atom stereocenters. The first-order valence-corrected chi connectivity index (χ1v) is 27.9. The van der Waals surface area contributed by atoms with Gasteiger partial charge in [-0.15, -0.1) is 0 Å². The average molecular weight is 999 g/mol. The largest absolute Gasteiger partial charge is 0.479 e. The number of aliphatic hydroxyl groups excluding tert-OH is 2. The van der Waals surface area contributed by atoms with Crippen molar-refractivity contribution in [2.75, 3.05) is 13.2 Å². The molecule has 0 radical (unpaired) electrons. The van der Waals surface area contributed by atoms with Gasteiger partial charge < -0.3 is 39.0 Å². The van der Waals surface area contributed by atoms with Crippen molar-refractivity contribution in [2.45, 2.75) is 263 Å². The van der Waals surface area contributed by atoms with Gasteiger partial charge in [-0.05, 0) is 103 Å². The van der Waals surface area contributed by atoms with Gasteiger partial charge in [0.1, 0.15) is 18.8 Å². The minimum absolute atomic E-state index is 0.0368. The fraction of sp³-hybridized carbons (Fsp3) is 0.729. The van der Waals surface area contributed by atoms with E-state index in [9.17, 15) is 34.5 Å². The molecule has 1 heterocycles. The minimum atomic E-state index is -1.91. The number of allylic oxidation sites excluding steroid dienone is 12. The molecule has 0 aromatic carbocycles. The molecule has 1 saturated heterocycles. The fourth-order valence-corrected chi connectivity index (χ4v) is 7.92. The molecular weight excluding hydrogens is 901 g/mol. The van der Waals surface area contributed by atoms with Crippen LogP contribution in [-0.2, 0) is 42.9 Å². The molecule has 1 fully saturated rings. The number of rotatable bonds is 46. The maximum atomic E-state index is 13.1. The van der Waals surface area contributed by atoms with Crippen molar-refractivity contribution in [1.29, 1.82) is 0 Å². The van der Waals surface area contributed by atoms with Crippen molar-refractivity contribution in [3.05, 3.63) is 72.9 Å². The fourth-order valence-electron chi connectivity index (χ4n) is 7.92. The molecule has 0 aromatic rings. The first-order valence-electron chi connectivity index (χ1n) is 27.9. The van der Waals surface area contributed by atoms with Crippen LogP contribution in [0.4, 0.5) is 0 Å². The number of carboxylic acid groups (broad SMARTS) is 1. The van der Waals surface area contributed by atoms with Crippen molar-refractivity contribution in [1.82, 2.24) is 0 Å². The third-order valence-electron chi connectivity index (χ3n) is 12.2. The summed E-state index contributed by atoms with van der Waals surface area (Å²) in [6.07, 6.45) is 45.9. The van der Waals surface area contributed by atoms with E-state index in [-0.39, 0.29) is 25.9 Å². The summed E-state index contributed by atoms with van der Waals surface area (Å²) < 4.78 is 28.3. The molecule has 0 saturated carbocycles. The van der Waals surface area contributed by atoms with Crippen LogP contribution in [0.5, 0.6) is 0 Å². The Balaban J connectivity index is 2.72. The quantitative estimate of drug-likeness (QED) is 0.0228. The highest BCUT2D eigenvalue weighted by atomic mass is 16.7. The Hall–Kier alpha value is -3.84. The highest BCUT2D eigenvalue weighted by Crippen LogP contribution is 2.26. The van der Waals surface area contributed by atoms with Gasteiger partial charge in [0.15, 0.2) is 24.6 Å². The number of carboxylic acids is 1. The van der Waals surface area contributed by atoms with E-state index < -0.39 is 67.3 Å². The van der Waals surface area contributed by atoms with Gasteiger partial charge in [-0.3, -0.25) is 14.4 Å². The van der Waals surface area contributed by atoms with Gasteiger partial charge in [0.2, 0.25) is 0 Å². The Labute approximate surface area is 429 Å². The number of esters is 3. The van der Waals surface area contributed by atoms with Gasteiger partial charge >= 0.3 is 23.9 Å². The second kappa shape index (κ2) is 47.2. The van der Waals surface area contributed by atoms with Crippen LogP contribution >= 0.6 is 0 Å². The number of aliphatic carboxylic acids is 1. The number of hydrogen-bond acceptors (Lipinski definition) is 11. The summed E-state index contributed by atoms with van der Waals surface area (Å²) >= 11 is 0. The van der Waals surface area contributed by atoms with Gasteiger partial charge in [0.25, 0.3) is 0 Å². The van der Waals surface area contributed by atoms with Crippen molar-refractivity contribution in [3.8, 4) is 0 Å². The van der Waals surface area contributed by atoms with Gasteiger partial charge in [-0.2, -0.15) is 0 Å².